The number of hydrogen-bond donors (Lipinski definition) is 0. The van der Waals surface area contributed by atoms with Crippen LogP contribution in [0.5, 0.6) is 0 Å². The SMILES string of the molecule is CCCCCc1ccc(C2C=CC(C3CCC(CCC)CC3)CC2)cc1. The lowest BCUT2D eigenvalue weighted by Gasteiger charge is -2.35. The topological polar surface area (TPSA) is 0 Å². The quantitative estimate of drug-likeness (QED) is 0.327. The van der Waals surface area contributed by atoms with Crippen molar-refractivity contribution in [2.45, 2.75) is 96.8 Å². The van der Waals surface area contributed by atoms with Crippen molar-refractivity contribution < 1.29 is 0 Å². The molecule has 2 aliphatic rings. The fraction of sp³-hybridized carbons (Fsp3) is 0.692. The minimum Gasteiger partial charge on any atom is -0.0845 e. The summed E-state index contributed by atoms with van der Waals surface area (Å²) in [6, 6.07) is 9.54. The minimum absolute atomic E-state index is 0.660. The molecule has 0 N–H and O–H groups in total. The van der Waals surface area contributed by atoms with E-state index in [1.54, 1.807) is 0 Å². The van der Waals surface area contributed by atoms with Crippen LogP contribution in [0, 0.1) is 17.8 Å². The van der Waals surface area contributed by atoms with Crippen LogP contribution in [0.4, 0.5) is 0 Å². The highest BCUT2D eigenvalue weighted by Crippen LogP contribution is 2.41. The van der Waals surface area contributed by atoms with Gasteiger partial charge in [0, 0.05) is 5.92 Å². The average molecular weight is 353 g/mol. The standard InChI is InChI=1S/C26H40/c1-3-5-6-8-22-11-15-24(16-12-22)26-19-17-25(18-20-26)23-13-9-21(7-4-2)10-14-23/h11-12,15-17,19,21,23,25-26H,3-10,13-14,18,20H2,1-2H3. The number of benzene rings is 1. The van der Waals surface area contributed by atoms with Crippen LogP contribution in [0.25, 0.3) is 0 Å². The van der Waals surface area contributed by atoms with Crippen molar-refractivity contribution in [1.29, 1.82) is 0 Å². The van der Waals surface area contributed by atoms with Crippen LogP contribution in [-0.2, 0) is 6.42 Å². The van der Waals surface area contributed by atoms with E-state index in [9.17, 15) is 0 Å². The smallest absolute Gasteiger partial charge is 0.00182 e. The summed E-state index contributed by atoms with van der Waals surface area (Å²) in [4.78, 5) is 0. The van der Waals surface area contributed by atoms with E-state index in [1.165, 1.54) is 88.2 Å². The molecule has 0 aliphatic heterocycles. The van der Waals surface area contributed by atoms with E-state index in [2.05, 4.69) is 50.3 Å². The van der Waals surface area contributed by atoms with Crippen LogP contribution in [0.1, 0.15) is 102 Å². The van der Waals surface area contributed by atoms with Crippen LogP contribution < -0.4 is 0 Å². The molecular formula is C26H40. The Labute approximate surface area is 162 Å². The number of aryl methyl sites for hydroxylation is 1. The normalized spacial score (nSPS) is 29.0. The molecule has 1 saturated carbocycles. The summed E-state index contributed by atoms with van der Waals surface area (Å²) in [6.07, 6.45) is 21.9. The van der Waals surface area contributed by atoms with E-state index in [0.717, 1.165) is 17.8 Å². The van der Waals surface area contributed by atoms with E-state index in [-0.39, 0.29) is 0 Å². The van der Waals surface area contributed by atoms with Crippen molar-refractivity contribution in [3.8, 4) is 0 Å². The second-order valence-corrected chi connectivity index (χ2v) is 9.00. The second-order valence-electron chi connectivity index (χ2n) is 9.00. The zero-order chi connectivity index (χ0) is 18.2. The summed E-state index contributed by atoms with van der Waals surface area (Å²) in [6.45, 7) is 4.62. The fourth-order valence-electron chi connectivity index (χ4n) is 5.34. The number of allylic oxidation sites excluding steroid dienone is 2. The van der Waals surface area contributed by atoms with Gasteiger partial charge < -0.3 is 0 Å². The highest BCUT2D eigenvalue weighted by molar-refractivity contribution is 5.29. The zero-order valence-corrected chi connectivity index (χ0v) is 17.3. The summed E-state index contributed by atoms with van der Waals surface area (Å²) in [5.74, 6) is 3.53. The van der Waals surface area contributed by atoms with Crippen LogP contribution in [0.3, 0.4) is 0 Å². The molecule has 0 bridgehead atoms. The van der Waals surface area contributed by atoms with Crippen molar-refractivity contribution in [3.05, 3.63) is 47.5 Å². The van der Waals surface area contributed by atoms with Gasteiger partial charge in [0.15, 0.2) is 0 Å². The molecule has 1 aromatic carbocycles. The largest absolute Gasteiger partial charge is 0.0845 e. The first-order valence-electron chi connectivity index (χ1n) is 11.6. The molecule has 1 aromatic rings. The molecule has 0 saturated heterocycles. The Balaban J connectivity index is 1.48. The summed E-state index contributed by atoms with van der Waals surface area (Å²) < 4.78 is 0. The molecule has 144 valence electrons. The van der Waals surface area contributed by atoms with Crippen molar-refractivity contribution in [2.75, 3.05) is 0 Å². The maximum Gasteiger partial charge on any atom is 0.00182 e. The highest BCUT2D eigenvalue weighted by Gasteiger charge is 2.28. The predicted octanol–water partition coefficient (Wildman–Crippen LogP) is 8.08. The Hall–Kier alpha value is -1.04. The van der Waals surface area contributed by atoms with Crippen LogP contribution in [-0.4, -0.2) is 0 Å². The fourth-order valence-corrected chi connectivity index (χ4v) is 5.34. The second kappa shape index (κ2) is 10.3. The molecule has 3 rings (SSSR count). The lowest BCUT2D eigenvalue weighted by atomic mass is 9.70. The summed E-state index contributed by atoms with van der Waals surface area (Å²) >= 11 is 0. The van der Waals surface area contributed by atoms with Crippen molar-refractivity contribution in [3.63, 3.8) is 0 Å². The Bertz CT molecular complexity index is 530. The molecule has 1 fully saturated rings. The molecule has 2 aliphatic carbocycles. The summed E-state index contributed by atoms with van der Waals surface area (Å²) in [5.41, 5.74) is 3.05. The van der Waals surface area contributed by atoms with Gasteiger partial charge in [0.1, 0.15) is 0 Å². The van der Waals surface area contributed by atoms with Gasteiger partial charge in [-0.1, -0.05) is 88.8 Å². The third-order valence-electron chi connectivity index (χ3n) is 7.07. The Kier molecular flexibility index (Phi) is 7.84. The lowest BCUT2D eigenvalue weighted by molar-refractivity contribution is 0.209. The van der Waals surface area contributed by atoms with Crippen LogP contribution >= 0.6 is 0 Å². The predicted molar refractivity (Wildman–Crippen MR) is 115 cm³/mol. The average Bonchev–Trinajstić information content (AvgIpc) is 2.70. The van der Waals surface area contributed by atoms with E-state index >= 15 is 0 Å². The minimum atomic E-state index is 0.660. The first-order valence-corrected chi connectivity index (χ1v) is 11.6. The van der Waals surface area contributed by atoms with E-state index < -0.39 is 0 Å². The molecule has 2 atom stereocenters. The van der Waals surface area contributed by atoms with Gasteiger partial charge >= 0.3 is 0 Å². The summed E-state index contributed by atoms with van der Waals surface area (Å²) in [7, 11) is 0. The Morgan fingerprint density at radius 1 is 0.769 bits per heavy atom. The van der Waals surface area contributed by atoms with Crippen LogP contribution in [0.15, 0.2) is 36.4 Å². The molecule has 0 amide bonds. The Morgan fingerprint density at radius 2 is 1.54 bits per heavy atom. The van der Waals surface area contributed by atoms with Crippen LogP contribution in [0.2, 0.25) is 0 Å². The molecule has 0 heteroatoms. The van der Waals surface area contributed by atoms with Crippen molar-refractivity contribution in [2.24, 2.45) is 17.8 Å². The maximum atomic E-state index is 2.59. The third-order valence-corrected chi connectivity index (χ3v) is 7.07. The number of rotatable bonds is 8. The van der Waals surface area contributed by atoms with Gasteiger partial charge in [-0.2, -0.15) is 0 Å². The zero-order valence-electron chi connectivity index (χ0n) is 17.3. The molecule has 0 spiro atoms. The molecule has 0 heterocycles. The van der Waals surface area contributed by atoms with Gasteiger partial charge in [-0.15, -0.1) is 0 Å². The molecule has 2 unspecified atom stereocenters. The van der Waals surface area contributed by atoms with Gasteiger partial charge in [0.05, 0.1) is 0 Å². The summed E-state index contributed by atoms with van der Waals surface area (Å²) in [5, 5.41) is 0. The number of unbranched alkanes of at least 4 members (excludes halogenated alkanes) is 2. The molecule has 0 nitrogen and oxygen atoms in total. The highest BCUT2D eigenvalue weighted by atomic mass is 14.3. The first kappa shape index (κ1) is 19.7. The third kappa shape index (κ3) is 5.48. The van der Waals surface area contributed by atoms with Gasteiger partial charge in [-0.3, -0.25) is 0 Å². The van der Waals surface area contributed by atoms with Gasteiger partial charge in [0.25, 0.3) is 0 Å². The monoisotopic (exact) mass is 352 g/mol. The van der Waals surface area contributed by atoms with E-state index in [0.29, 0.717) is 5.92 Å². The van der Waals surface area contributed by atoms with Gasteiger partial charge in [-0.25, -0.2) is 0 Å². The molecule has 26 heavy (non-hydrogen) atoms. The van der Waals surface area contributed by atoms with E-state index in [1.807, 2.05) is 0 Å². The van der Waals surface area contributed by atoms with Crippen molar-refractivity contribution in [1.82, 2.24) is 0 Å². The van der Waals surface area contributed by atoms with Crippen molar-refractivity contribution >= 4 is 0 Å². The van der Waals surface area contributed by atoms with Gasteiger partial charge in [-0.05, 0) is 67.4 Å². The van der Waals surface area contributed by atoms with Gasteiger partial charge in [0.2, 0.25) is 0 Å². The molecule has 0 aromatic heterocycles. The number of hydrogen-bond acceptors (Lipinski definition) is 0. The maximum absolute atomic E-state index is 2.59. The lowest BCUT2D eigenvalue weighted by Crippen LogP contribution is -2.22. The molecular weight excluding hydrogens is 312 g/mol. The molecule has 0 radical (unpaired) electrons. The first-order chi connectivity index (χ1) is 12.8. The Morgan fingerprint density at radius 3 is 2.15 bits per heavy atom. The van der Waals surface area contributed by atoms with E-state index in [4.69, 9.17) is 0 Å².